The van der Waals surface area contributed by atoms with Crippen LogP contribution in [0.2, 0.25) is 5.02 Å². The molecule has 1 N–H and O–H groups in total. The number of hydrogen-bond donors (Lipinski definition) is 1. The molecule has 1 atom stereocenters. The summed E-state index contributed by atoms with van der Waals surface area (Å²) in [6.07, 6.45) is 0. The predicted molar refractivity (Wildman–Crippen MR) is 79.9 cm³/mol. The molecule has 3 nitrogen and oxygen atoms in total. The molecule has 1 rings (SSSR count). The zero-order valence-electron chi connectivity index (χ0n) is 10.9. The molecule has 0 radical (unpaired) electrons. The van der Waals surface area contributed by atoms with Gasteiger partial charge in [-0.3, -0.25) is 0 Å². The standard InChI is InChI=1S/C13H19BrClNO2/c1-4-17-8-9(3)16-12-7-10(15)6-11(14)13(12)18-5-2/h6-7,9,16H,4-5,8H2,1-3H3. The molecule has 102 valence electrons. The van der Waals surface area contributed by atoms with Gasteiger partial charge in [-0.05, 0) is 48.8 Å². The van der Waals surface area contributed by atoms with Gasteiger partial charge in [-0.2, -0.15) is 0 Å². The van der Waals surface area contributed by atoms with Crippen LogP contribution in [0.1, 0.15) is 20.8 Å². The summed E-state index contributed by atoms with van der Waals surface area (Å²) >= 11 is 9.51. The quantitative estimate of drug-likeness (QED) is 0.803. The smallest absolute Gasteiger partial charge is 0.156 e. The molecule has 0 fully saturated rings. The van der Waals surface area contributed by atoms with Crippen molar-refractivity contribution >= 4 is 33.2 Å². The summed E-state index contributed by atoms with van der Waals surface area (Å²) in [5, 5.41) is 4.01. The van der Waals surface area contributed by atoms with Crippen molar-refractivity contribution in [2.75, 3.05) is 25.1 Å². The molecule has 0 aromatic heterocycles. The molecular formula is C13H19BrClNO2. The number of nitrogens with one attached hydrogen (secondary N) is 1. The van der Waals surface area contributed by atoms with Crippen molar-refractivity contribution in [3.05, 3.63) is 21.6 Å². The number of halogens is 2. The minimum Gasteiger partial charge on any atom is -0.491 e. The summed E-state index contributed by atoms with van der Waals surface area (Å²) in [7, 11) is 0. The van der Waals surface area contributed by atoms with Crippen LogP contribution in [0, 0.1) is 0 Å². The Bertz CT molecular complexity index is 387. The first kappa shape index (κ1) is 15.6. The zero-order chi connectivity index (χ0) is 13.5. The van der Waals surface area contributed by atoms with Crippen LogP contribution in [-0.4, -0.2) is 25.9 Å². The van der Waals surface area contributed by atoms with Crippen molar-refractivity contribution in [2.24, 2.45) is 0 Å². The van der Waals surface area contributed by atoms with Crippen LogP contribution in [0.3, 0.4) is 0 Å². The maximum atomic E-state index is 6.05. The van der Waals surface area contributed by atoms with Crippen molar-refractivity contribution in [2.45, 2.75) is 26.8 Å². The Balaban J connectivity index is 2.85. The highest BCUT2D eigenvalue weighted by atomic mass is 79.9. The van der Waals surface area contributed by atoms with Crippen LogP contribution in [0.15, 0.2) is 16.6 Å². The van der Waals surface area contributed by atoms with Crippen molar-refractivity contribution in [1.29, 1.82) is 0 Å². The molecule has 0 spiro atoms. The van der Waals surface area contributed by atoms with Crippen molar-refractivity contribution in [3.8, 4) is 5.75 Å². The van der Waals surface area contributed by atoms with Crippen LogP contribution < -0.4 is 10.1 Å². The maximum Gasteiger partial charge on any atom is 0.156 e. The number of benzene rings is 1. The number of hydrogen-bond acceptors (Lipinski definition) is 3. The number of rotatable bonds is 7. The molecule has 0 aliphatic heterocycles. The lowest BCUT2D eigenvalue weighted by atomic mass is 10.2. The molecule has 0 heterocycles. The minimum atomic E-state index is 0.189. The summed E-state index contributed by atoms with van der Waals surface area (Å²) in [6, 6.07) is 3.87. The normalized spacial score (nSPS) is 12.3. The summed E-state index contributed by atoms with van der Waals surface area (Å²) in [4.78, 5) is 0. The molecule has 0 saturated carbocycles. The third-order valence-electron chi connectivity index (χ3n) is 2.27. The first-order chi connectivity index (χ1) is 8.58. The largest absolute Gasteiger partial charge is 0.491 e. The summed E-state index contributed by atoms with van der Waals surface area (Å²) in [5.41, 5.74) is 0.878. The van der Waals surface area contributed by atoms with Gasteiger partial charge in [0.25, 0.3) is 0 Å². The van der Waals surface area contributed by atoms with E-state index in [0.29, 0.717) is 24.8 Å². The van der Waals surface area contributed by atoms with E-state index in [1.54, 1.807) is 0 Å². The molecule has 1 unspecified atom stereocenters. The van der Waals surface area contributed by atoms with Gasteiger partial charge in [-0.15, -0.1) is 0 Å². The van der Waals surface area contributed by atoms with Gasteiger partial charge >= 0.3 is 0 Å². The zero-order valence-corrected chi connectivity index (χ0v) is 13.3. The molecule has 0 aliphatic carbocycles. The van der Waals surface area contributed by atoms with Crippen LogP contribution >= 0.6 is 27.5 Å². The second-order valence-corrected chi connectivity index (χ2v) is 5.19. The lowest BCUT2D eigenvalue weighted by Crippen LogP contribution is -2.22. The molecule has 1 aromatic carbocycles. The molecule has 0 amide bonds. The molecular weight excluding hydrogens is 318 g/mol. The number of anilines is 1. The molecule has 1 aromatic rings. The van der Waals surface area contributed by atoms with Gasteiger partial charge < -0.3 is 14.8 Å². The van der Waals surface area contributed by atoms with E-state index in [1.807, 2.05) is 26.0 Å². The molecule has 0 saturated heterocycles. The van der Waals surface area contributed by atoms with E-state index in [9.17, 15) is 0 Å². The minimum absolute atomic E-state index is 0.189. The van der Waals surface area contributed by atoms with Crippen molar-refractivity contribution < 1.29 is 9.47 Å². The average molecular weight is 337 g/mol. The number of ether oxygens (including phenoxy) is 2. The van der Waals surface area contributed by atoms with Gasteiger partial charge in [0.2, 0.25) is 0 Å². The first-order valence-electron chi connectivity index (χ1n) is 6.04. The second kappa shape index (κ2) is 7.87. The molecule has 0 bridgehead atoms. The Morgan fingerprint density at radius 1 is 1.33 bits per heavy atom. The maximum absolute atomic E-state index is 6.05. The van der Waals surface area contributed by atoms with Gasteiger partial charge in [0.15, 0.2) is 5.75 Å². The average Bonchev–Trinajstić information content (AvgIpc) is 2.31. The van der Waals surface area contributed by atoms with E-state index in [4.69, 9.17) is 21.1 Å². The van der Waals surface area contributed by atoms with E-state index >= 15 is 0 Å². The van der Waals surface area contributed by atoms with Gasteiger partial charge in [-0.25, -0.2) is 0 Å². The van der Waals surface area contributed by atoms with Gasteiger partial charge in [0.05, 0.1) is 23.4 Å². The first-order valence-corrected chi connectivity index (χ1v) is 7.21. The Morgan fingerprint density at radius 2 is 2.06 bits per heavy atom. The summed E-state index contributed by atoms with van der Waals surface area (Å²) in [5.74, 6) is 0.783. The molecule has 0 aliphatic rings. The fourth-order valence-corrected chi connectivity index (χ4v) is 2.49. The Kier molecular flexibility index (Phi) is 6.82. The van der Waals surface area contributed by atoms with E-state index in [1.165, 1.54) is 0 Å². The Hall–Kier alpha value is -0.450. The molecule has 18 heavy (non-hydrogen) atoms. The summed E-state index contributed by atoms with van der Waals surface area (Å²) in [6.45, 7) is 7.95. The van der Waals surface area contributed by atoms with E-state index in [-0.39, 0.29) is 6.04 Å². The predicted octanol–water partition coefficient (Wildman–Crippen LogP) is 4.34. The monoisotopic (exact) mass is 335 g/mol. The summed E-state index contributed by atoms with van der Waals surface area (Å²) < 4.78 is 11.8. The fraction of sp³-hybridized carbons (Fsp3) is 0.538. The van der Waals surface area contributed by atoms with E-state index < -0.39 is 0 Å². The topological polar surface area (TPSA) is 30.5 Å². The van der Waals surface area contributed by atoms with Crippen molar-refractivity contribution in [1.82, 2.24) is 0 Å². The van der Waals surface area contributed by atoms with Crippen LogP contribution in [0.5, 0.6) is 5.75 Å². The fourth-order valence-electron chi connectivity index (χ4n) is 1.56. The van der Waals surface area contributed by atoms with Gasteiger partial charge in [0.1, 0.15) is 0 Å². The van der Waals surface area contributed by atoms with E-state index in [2.05, 4.69) is 28.2 Å². The van der Waals surface area contributed by atoms with Crippen LogP contribution in [-0.2, 0) is 4.74 Å². The van der Waals surface area contributed by atoms with Gasteiger partial charge in [-0.1, -0.05) is 11.6 Å². The lowest BCUT2D eigenvalue weighted by Gasteiger charge is -2.19. The van der Waals surface area contributed by atoms with Crippen molar-refractivity contribution in [3.63, 3.8) is 0 Å². The second-order valence-electron chi connectivity index (χ2n) is 3.90. The SMILES string of the molecule is CCOCC(C)Nc1cc(Cl)cc(Br)c1OCC. The third-order valence-corrected chi connectivity index (χ3v) is 3.08. The highest BCUT2D eigenvalue weighted by Gasteiger charge is 2.12. The Labute approximate surface area is 122 Å². The highest BCUT2D eigenvalue weighted by Crippen LogP contribution is 2.36. The van der Waals surface area contributed by atoms with Crippen LogP contribution in [0.4, 0.5) is 5.69 Å². The third kappa shape index (κ3) is 4.67. The molecule has 5 heteroatoms. The lowest BCUT2D eigenvalue weighted by molar-refractivity contribution is 0.141. The van der Waals surface area contributed by atoms with Crippen LogP contribution in [0.25, 0.3) is 0 Å². The highest BCUT2D eigenvalue weighted by molar-refractivity contribution is 9.10. The Morgan fingerprint density at radius 3 is 2.67 bits per heavy atom. The van der Waals surface area contributed by atoms with Gasteiger partial charge in [0, 0.05) is 17.7 Å². The van der Waals surface area contributed by atoms with E-state index in [0.717, 1.165) is 15.9 Å².